The van der Waals surface area contributed by atoms with Gasteiger partial charge in [0.25, 0.3) is 0 Å². The fourth-order valence-electron chi connectivity index (χ4n) is 6.06. The number of hydrogen-bond acceptors (Lipinski definition) is 10. The lowest BCUT2D eigenvalue weighted by Crippen LogP contribution is -2.41. The molecule has 0 spiro atoms. The predicted molar refractivity (Wildman–Crippen MR) is 189 cm³/mol. The van der Waals surface area contributed by atoms with Gasteiger partial charge < -0.3 is 38.2 Å². The minimum absolute atomic E-state index is 0. The van der Waals surface area contributed by atoms with Crippen LogP contribution in [0.3, 0.4) is 0 Å². The lowest BCUT2D eigenvalue weighted by molar-refractivity contribution is 0.0193. The predicted octanol–water partition coefficient (Wildman–Crippen LogP) is 9.15. The third-order valence-corrected chi connectivity index (χ3v) is 8.44. The zero-order chi connectivity index (χ0) is 35.7. The van der Waals surface area contributed by atoms with Crippen LogP contribution in [0.1, 0.15) is 105 Å². The van der Waals surface area contributed by atoms with E-state index in [9.17, 15) is 23.5 Å². The number of aromatic hydroxyl groups is 1. The van der Waals surface area contributed by atoms with Crippen LogP contribution in [0.25, 0.3) is 21.9 Å². The van der Waals surface area contributed by atoms with Crippen LogP contribution >= 0.6 is 0 Å². The van der Waals surface area contributed by atoms with Gasteiger partial charge in [-0.05, 0) is 91.5 Å². The van der Waals surface area contributed by atoms with Crippen LogP contribution in [0.5, 0.6) is 11.5 Å². The second-order valence-electron chi connectivity index (χ2n) is 14.3. The summed E-state index contributed by atoms with van der Waals surface area (Å²) in [6.45, 7) is 13.4. The molecule has 12 nitrogen and oxygen atoms in total. The van der Waals surface area contributed by atoms with E-state index >= 15 is 0 Å². The molecule has 2 aromatic carbocycles. The number of carbonyl (C=O) groups is 2. The average Bonchev–Trinajstić information content (AvgIpc) is 3.67. The molecule has 51 heavy (non-hydrogen) atoms. The molecule has 0 radical (unpaired) electrons. The van der Waals surface area contributed by atoms with Crippen LogP contribution in [0.4, 0.5) is 18.4 Å². The SMILES string of the molecule is C.C.CC(C)(C)OC(=O)N1CCC(c2noc3c(O)c(F)ccc23)CC1.COc1c(F)ccc2c(C3CCN(C(=O)OC(C)(C)C)CC3)noc12. The van der Waals surface area contributed by atoms with E-state index in [2.05, 4.69) is 10.3 Å². The number of carbonyl (C=O) groups excluding carboxylic acids is 2. The van der Waals surface area contributed by atoms with Gasteiger partial charge in [-0.25, -0.2) is 18.4 Å². The van der Waals surface area contributed by atoms with Crippen molar-refractivity contribution < 1.29 is 46.7 Å². The quantitative estimate of drug-likeness (QED) is 0.218. The number of phenols is 1. The van der Waals surface area contributed by atoms with E-state index < -0.39 is 28.6 Å². The van der Waals surface area contributed by atoms with E-state index in [4.69, 9.17) is 23.3 Å². The van der Waals surface area contributed by atoms with Crippen LogP contribution in [-0.2, 0) is 9.47 Å². The van der Waals surface area contributed by atoms with Crippen LogP contribution in [0.15, 0.2) is 33.3 Å². The normalized spacial score (nSPS) is 15.8. The number of hydrogen-bond donors (Lipinski definition) is 1. The van der Waals surface area contributed by atoms with Gasteiger partial charge in [0.2, 0.25) is 16.9 Å². The summed E-state index contributed by atoms with van der Waals surface area (Å²) in [6.07, 6.45) is 2.31. The number of fused-ring (bicyclic) bond motifs is 2. The Morgan fingerprint density at radius 3 is 1.53 bits per heavy atom. The number of nitrogens with zero attached hydrogens (tertiary/aromatic N) is 4. The van der Waals surface area contributed by atoms with Crippen molar-refractivity contribution in [1.29, 1.82) is 0 Å². The molecule has 1 N–H and O–H groups in total. The summed E-state index contributed by atoms with van der Waals surface area (Å²) in [7, 11) is 1.40. The lowest BCUT2D eigenvalue weighted by Gasteiger charge is -2.32. The molecule has 14 heteroatoms. The number of aromatic nitrogens is 2. The molecule has 282 valence electrons. The lowest BCUT2D eigenvalue weighted by atomic mass is 9.92. The summed E-state index contributed by atoms with van der Waals surface area (Å²) >= 11 is 0. The van der Waals surface area contributed by atoms with Gasteiger partial charge in [-0.3, -0.25) is 0 Å². The molecule has 0 saturated carbocycles. The molecule has 0 unspecified atom stereocenters. The van der Waals surface area contributed by atoms with Crippen molar-refractivity contribution in [3.05, 3.63) is 47.3 Å². The summed E-state index contributed by atoms with van der Waals surface area (Å²) < 4.78 is 53.5. The highest BCUT2D eigenvalue weighted by Crippen LogP contribution is 2.38. The van der Waals surface area contributed by atoms with Gasteiger partial charge in [-0.1, -0.05) is 25.2 Å². The highest BCUT2D eigenvalue weighted by molar-refractivity contribution is 5.86. The van der Waals surface area contributed by atoms with Gasteiger partial charge >= 0.3 is 12.2 Å². The Bertz CT molecular complexity index is 1790. The molecule has 6 rings (SSSR count). The van der Waals surface area contributed by atoms with E-state index in [1.54, 1.807) is 21.9 Å². The first-order valence-corrected chi connectivity index (χ1v) is 16.4. The van der Waals surface area contributed by atoms with Gasteiger partial charge in [0.15, 0.2) is 17.4 Å². The van der Waals surface area contributed by atoms with E-state index in [1.165, 1.54) is 19.2 Å². The highest BCUT2D eigenvalue weighted by Gasteiger charge is 2.32. The number of amides is 2. The Labute approximate surface area is 297 Å². The van der Waals surface area contributed by atoms with Crippen molar-refractivity contribution in [3.8, 4) is 11.5 Å². The van der Waals surface area contributed by atoms with Crippen LogP contribution in [-0.4, -0.2) is 81.9 Å². The van der Waals surface area contributed by atoms with Crippen LogP contribution < -0.4 is 4.74 Å². The zero-order valence-corrected chi connectivity index (χ0v) is 29.0. The van der Waals surface area contributed by atoms with Crippen molar-refractivity contribution >= 4 is 34.1 Å². The van der Waals surface area contributed by atoms with Gasteiger partial charge in [0, 0.05) is 48.8 Å². The molecule has 0 atom stereocenters. The van der Waals surface area contributed by atoms with Crippen molar-refractivity contribution in [1.82, 2.24) is 20.1 Å². The summed E-state index contributed by atoms with van der Waals surface area (Å²) in [4.78, 5) is 27.6. The molecule has 0 bridgehead atoms. The number of methoxy groups -OCH3 is 1. The zero-order valence-electron chi connectivity index (χ0n) is 29.0. The number of likely N-dealkylation sites (tertiary alicyclic amines) is 2. The van der Waals surface area contributed by atoms with Gasteiger partial charge in [0.1, 0.15) is 11.2 Å². The first-order chi connectivity index (χ1) is 23.1. The molecular formula is C37H52F2N4O8. The topological polar surface area (TPSA) is 141 Å². The second-order valence-corrected chi connectivity index (χ2v) is 14.3. The second kappa shape index (κ2) is 16.2. The maximum Gasteiger partial charge on any atom is 0.410 e. The Balaban J connectivity index is 0.000000265. The molecular weight excluding hydrogens is 666 g/mol. The third kappa shape index (κ3) is 9.39. The average molecular weight is 719 g/mol. The number of phenolic OH excluding ortho intramolecular Hbond substituents is 1. The van der Waals surface area contributed by atoms with E-state index in [0.717, 1.165) is 23.9 Å². The third-order valence-electron chi connectivity index (χ3n) is 8.44. The van der Waals surface area contributed by atoms with E-state index in [0.29, 0.717) is 55.7 Å². The minimum atomic E-state index is -0.732. The largest absolute Gasteiger partial charge is 0.502 e. The first kappa shape index (κ1) is 40.8. The van der Waals surface area contributed by atoms with Gasteiger partial charge in [-0.15, -0.1) is 0 Å². The van der Waals surface area contributed by atoms with E-state index in [1.807, 2.05) is 41.5 Å². The minimum Gasteiger partial charge on any atom is -0.502 e. The smallest absolute Gasteiger partial charge is 0.410 e. The molecule has 2 aliphatic heterocycles. The molecule has 2 amide bonds. The van der Waals surface area contributed by atoms with Gasteiger partial charge in [-0.2, -0.15) is 0 Å². The highest BCUT2D eigenvalue weighted by atomic mass is 19.1. The number of rotatable bonds is 3. The van der Waals surface area contributed by atoms with E-state index in [-0.39, 0.29) is 50.2 Å². The van der Waals surface area contributed by atoms with Crippen molar-refractivity contribution in [2.75, 3.05) is 33.3 Å². The Morgan fingerprint density at radius 1 is 0.725 bits per heavy atom. The first-order valence-electron chi connectivity index (χ1n) is 16.4. The summed E-state index contributed by atoms with van der Waals surface area (Å²) in [5.74, 6) is -1.41. The van der Waals surface area contributed by atoms with Crippen molar-refractivity contribution in [3.63, 3.8) is 0 Å². The number of halogens is 2. The fourth-order valence-corrected chi connectivity index (χ4v) is 6.06. The standard InChI is InChI=1S/C18H23FN2O4.C17H21FN2O4.2CH4/c1-18(2,3)24-17(22)21-9-7-11(8-10-21)14-12-5-6-13(19)16(23-4)15(12)25-20-14;1-17(2,3)23-16(22)20-8-6-10(7-9-20)13-11-4-5-12(18)14(21)15(11)24-19-13;;/h5-6,11H,7-10H2,1-4H3;4-5,10,21H,6-9H2,1-3H3;2*1H4. The summed E-state index contributed by atoms with van der Waals surface area (Å²) in [5.41, 5.74) is 0.863. The van der Waals surface area contributed by atoms with Crippen LogP contribution in [0, 0.1) is 11.6 Å². The fraction of sp³-hybridized carbons (Fsp3) is 0.568. The number of ether oxygens (including phenoxy) is 3. The Hall–Kier alpha value is -4.62. The molecule has 2 aromatic heterocycles. The number of piperidine rings is 2. The summed E-state index contributed by atoms with van der Waals surface area (Å²) in [5, 5.41) is 19.2. The maximum atomic E-state index is 13.8. The Morgan fingerprint density at radius 2 is 1.12 bits per heavy atom. The molecule has 0 aliphatic carbocycles. The number of benzene rings is 2. The Kier molecular flexibility index (Phi) is 12.9. The molecule has 2 aliphatic rings. The molecule has 4 aromatic rings. The van der Waals surface area contributed by atoms with Crippen LogP contribution in [0.2, 0.25) is 0 Å². The maximum absolute atomic E-state index is 13.8. The monoisotopic (exact) mass is 718 g/mol. The molecule has 2 saturated heterocycles. The van der Waals surface area contributed by atoms with Crippen molar-refractivity contribution in [2.45, 2.75) is 105 Å². The van der Waals surface area contributed by atoms with Crippen molar-refractivity contribution in [2.24, 2.45) is 0 Å². The van der Waals surface area contributed by atoms with Gasteiger partial charge in [0.05, 0.1) is 18.5 Å². The summed E-state index contributed by atoms with van der Waals surface area (Å²) in [6, 6.07) is 5.79. The molecule has 4 heterocycles. The molecule has 2 fully saturated rings.